The van der Waals surface area contributed by atoms with Crippen molar-refractivity contribution in [2.75, 3.05) is 13.1 Å². The molecule has 1 amide bonds. The van der Waals surface area contributed by atoms with Crippen molar-refractivity contribution in [1.82, 2.24) is 9.88 Å². The molecule has 0 aliphatic carbocycles. The molecule has 0 spiro atoms. The minimum Gasteiger partial charge on any atom is -0.481 e. The number of halogens is 1. The fourth-order valence-corrected chi connectivity index (χ4v) is 3.35. The molecule has 1 aromatic carbocycles. The Morgan fingerprint density at radius 2 is 1.92 bits per heavy atom. The van der Waals surface area contributed by atoms with Gasteiger partial charge in [-0.2, -0.15) is 5.26 Å². The van der Waals surface area contributed by atoms with Crippen LogP contribution in [0, 0.1) is 24.2 Å². The number of carboxylic acids is 1. The zero-order valence-electron chi connectivity index (χ0n) is 14.0. The van der Waals surface area contributed by atoms with Crippen LogP contribution in [0.1, 0.15) is 33.2 Å². The number of aliphatic carboxylic acids is 1. The minimum atomic E-state index is -0.941. The lowest BCUT2D eigenvalue weighted by Crippen LogP contribution is -2.30. The van der Waals surface area contributed by atoms with Crippen LogP contribution in [0.5, 0.6) is 0 Å². The Hall–Kier alpha value is -2.91. The lowest BCUT2D eigenvalue weighted by molar-refractivity contribution is -0.141. The number of benzene rings is 1. The van der Waals surface area contributed by atoms with Gasteiger partial charge >= 0.3 is 5.97 Å². The van der Waals surface area contributed by atoms with Gasteiger partial charge in [0.2, 0.25) is 0 Å². The van der Waals surface area contributed by atoms with Crippen LogP contribution in [0.15, 0.2) is 36.4 Å². The Labute approximate surface area is 155 Å². The van der Waals surface area contributed by atoms with E-state index in [9.17, 15) is 14.7 Å². The van der Waals surface area contributed by atoms with E-state index >= 15 is 0 Å². The van der Waals surface area contributed by atoms with Crippen molar-refractivity contribution in [3.63, 3.8) is 0 Å². The van der Waals surface area contributed by atoms with E-state index in [4.69, 9.17) is 16.9 Å². The van der Waals surface area contributed by atoms with Crippen molar-refractivity contribution in [1.29, 1.82) is 5.26 Å². The van der Waals surface area contributed by atoms with E-state index in [-0.39, 0.29) is 30.6 Å². The van der Waals surface area contributed by atoms with E-state index in [1.54, 1.807) is 37.3 Å². The molecule has 2 atom stereocenters. The molecule has 1 saturated heterocycles. The average molecular weight is 370 g/mol. The first-order chi connectivity index (χ1) is 12.4. The summed E-state index contributed by atoms with van der Waals surface area (Å²) in [6, 6.07) is 12.1. The van der Waals surface area contributed by atoms with Gasteiger partial charge in [0.1, 0.15) is 11.8 Å². The number of hydrogen-bond acceptors (Lipinski definition) is 4. The number of pyridine rings is 1. The molecule has 2 aromatic rings. The summed E-state index contributed by atoms with van der Waals surface area (Å²) in [6.45, 7) is 2.07. The summed E-state index contributed by atoms with van der Waals surface area (Å²) in [7, 11) is 0. The monoisotopic (exact) mass is 369 g/mol. The maximum absolute atomic E-state index is 12.8. The summed E-state index contributed by atoms with van der Waals surface area (Å²) >= 11 is 5.90. The third kappa shape index (κ3) is 3.39. The maximum atomic E-state index is 12.8. The summed E-state index contributed by atoms with van der Waals surface area (Å²) in [5.74, 6) is -2.28. The highest BCUT2D eigenvalue weighted by molar-refractivity contribution is 6.30. The number of likely N-dealkylation sites (tertiary alicyclic amines) is 1. The second-order valence-electron chi connectivity index (χ2n) is 6.25. The highest BCUT2D eigenvalue weighted by atomic mass is 35.5. The van der Waals surface area contributed by atoms with E-state index in [1.165, 1.54) is 11.0 Å². The lowest BCUT2D eigenvalue weighted by Gasteiger charge is -2.16. The lowest BCUT2D eigenvalue weighted by atomic mass is 9.89. The van der Waals surface area contributed by atoms with Gasteiger partial charge in [0.25, 0.3) is 5.91 Å². The van der Waals surface area contributed by atoms with E-state index in [0.717, 1.165) is 5.56 Å². The number of aromatic nitrogens is 1. The maximum Gasteiger partial charge on any atom is 0.308 e. The largest absolute Gasteiger partial charge is 0.481 e. The molecular formula is C19H16ClN3O3. The Kier molecular flexibility index (Phi) is 4.92. The van der Waals surface area contributed by atoms with Gasteiger partial charge in [-0.3, -0.25) is 9.59 Å². The second-order valence-corrected chi connectivity index (χ2v) is 6.69. The van der Waals surface area contributed by atoms with Gasteiger partial charge in [0.05, 0.1) is 17.2 Å². The van der Waals surface area contributed by atoms with Gasteiger partial charge in [0.15, 0.2) is 0 Å². The van der Waals surface area contributed by atoms with Crippen LogP contribution in [0.25, 0.3) is 0 Å². The first kappa shape index (κ1) is 17.9. The van der Waals surface area contributed by atoms with Crippen molar-refractivity contribution in [2.24, 2.45) is 5.92 Å². The van der Waals surface area contributed by atoms with Crippen molar-refractivity contribution in [2.45, 2.75) is 12.8 Å². The fraction of sp³-hybridized carbons (Fsp3) is 0.263. The third-order valence-electron chi connectivity index (χ3n) is 4.65. The molecule has 6 nitrogen and oxygen atoms in total. The number of nitrogens with zero attached hydrogens (tertiary/aromatic N) is 3. The first-order valence-corrected chi connectivity index (χ1v) is 8.43. The highest BCUT2D eigenvalue weighted by Gasteiger charge is 2.41. The zero-order chi connectivity index (χ0) is 18.8. The molecule has 1 aliphatic rings. The van der Waals surface area contributed by atoms with E-state index < -0.39 is 11.9 Å². The number of aryl methyl sites for hydroxylation is 1. The standard InChI is InChI=1S/C19H16ClN3O3/c1-11-13(8-21)4-7-17(22-11)18(24)23-9-15(16(10-23)19(25)26)12-2-5-14(20)6-3-12/h2-7,15-16H,9-10H2,1H3,(H,25,26)/t15-,16+/m0/s1. The third-order valence-corrected chi connectivity index (χ3v) is 4.90. The predicted molar refractivity (Wildman–Crippen MR) is 94.9 cm³/mol. The van der Waals surface area contributed by atoms with Crippen LogP contribution >= 0.6 is 11.6 Å². The molecule has 0 saturated carbocycles. The fourth-order valence-electron chi connectivity index (χ4n) is 3.23. The van der Waals surface area contributed by atoms with Gasteiger partial charge in [-0.05, 0) is 36.8 Å². The van der Waals surface area contributed by atoms with Crippen LogP contribution in [-0.2, 0) is 4.79 Å². The van der Waals surface area contributed by atoms with E-state index in [0.29, 0.717) is 16.3 Å². The molecule has 1 aromatic heterocycles. The molecule has 3 rings (SSSR count). The van der Waals surface area contributed by atoms with Crippen LogP contribution in [-0.4, -0.2) is 40.0 Å². The number of carbonyl (C=O) groups is 2. The van der Waals surface area contributed by atoms with Crippen molar-refractivity contribution in [3.8, 4) is 6.07 Å². The van der Waals surface area contributed by atoms with E-state index in [2.05, 4.69) is 4.98 Å². The molecule has 2 heterocycles. The summed E-state index contributed by atoms with van der Waals surface area (Å²) in [6.07, 6.45) is 0. The summed E-state index contributed by atoms with van der Waals surface area (Å²) in [5, 5.41) is 19.1. The van der Waals surface area contributed by atoms with E-state index in [1.807, 2.05) is 6.07 Å². The topological polar surface area (TPSA) is 94.3 Å². The van der Waals surface area contributed by atoms with Gasteiger partial charge in [-0.15, -0.1) is 0 Å². The summed E-state index contributed by atoms with van der Waals surface area (Å²) in [5.41, 5.74) is 1.93. The number of nitriles is 1. The van der Waals surface area contributed by atoms with Crippen LogP contribution < -0.4 is 0 Å². The molecule has 0 bridgehead atoms. The normalized spacial score (nSPS) is 19.2. The second kappa shape index (κ2) is 7.14. The Balaban J connectivity index is 1.86. The molecule has 0 unspecified atom stereocenters. The van der Waals surface area contributed by atoms with Crippen LogP contribution in [0.4, 0.5) is 0 Å². The number of hydrogen-bond donors (Lipinski definition) is 1. The number of rotatable bonds is 3. The SMILES string of the molecule is Cc1nc(C(=O)N2C[C@@H](C(=O)O)[C@H](c3ccc(Cl)cc3)C2)ccc1C#N. The Bertz CT molecular complexity index is 905. The molecule has 132 valence electrons. The van der Waals surface area contributed by atoms with Crippen LogP contribution in [0.3, 0.4) is 0 Å². The van der Waals surface area contributed by atoms with Crippen molar-refractivity contribution >= 4 is 23.5 Å². The van der Waals surface area contributed by atoms with Gasteiger partial charge in [-0.1, -0.05) is 23.7 Å². The molecular weight excluding hydrogens is 354 g/mol. The minimum absolute atomic E-state index is 0.113. The summed E-state index contributed by atoms with van der Waals surface area (Å²) < 4.78 is 0. The van der Waals surface area contributed by atoms with Crippen molar-refractivity contribution in [3.05, 3.63) is 63.9 Å². The predicted octanol–water partition coefficient (Wildman–Crippen LogP) is 2.86. The Morgan fingerprint density at radius 1 is 1.23 bits per heavy atom. The molecule has 0 radical (unpaired) electrons. The zero-order valence-corrected chi connectivity index (χ0v) is 14.8. The van der Waals surface area contributed by atoms with Gasteiger partial charge in [0, 0.05) is 24.0 Å². The quantitative estimate of drug-likeness (QED) is 0.897. The number of carbonyl (C=O) groups excluding carboxylic acids is 1. The Morgan fingerprint density at radius 3 is 2.50 bits per heavy atom. The average Bonchev–Trinajstić information content (AvgIpc) is 3.07. The molecule has 1 fully saturated rings. The molecule has 26 heavy (non-hydrogen) atoms. The van der Waals surface area contributed by atoms with Gasteiger partial charge < -0.3 is 10.0 Å². The molecule has 1 aliphatic heterocycles. The number of carboxylic acid groups (broad SMARTS) is 1. The molecule has 1 N–H and O–H groups in total. The van der Waals surface area contributed by atoms with Crippen molar-refractivity contribution < 1.29 is 14.7 Å². The van der Waals surface area contributed by atoms with Gasteiger partial charge in [-0.25, -0.2) is 4.98 Å². The number of amides is 1. The summed E-state index contributed by atoms with van der Waals surface area (Å²) in [4.78, 5) is 30.1. The smallest absolute Gasteiger partial charge is 0.308 e. The first-order valence-electron chi connectivity index (χ1n) is 8.06. The molecule has 7 heteroatoms. The highest BCUT2D eigenvalue weighted by Crippen LogP contribution is 2.34. The van der Waals surface area contributed by atoms with Crippen LogP contribution in [0.2, 0.25) is 5.02 Å².